The van der Waals surface area contributed by atoms with E-state index in [4.69, 9.17) is 0 Å². The Kier molecular flexibility index (Phi) is 5.95. The zero-order chi connectivity index (χ0) is 22.1. The average Bonchev–Trinajstić information content (AvgIpc) is 3.41. The Morgan fingerprint density at radius 3 is 2.61 bits per heavy atom. The van der Waals surface area contributed by atoms with Crippen molar-refractivity contribution in [3.05, 3.63) is 50.2 Å². The lowest BCUT2D eigenvalue weighted by atomic mass is 10.1. The Morgan fingerprint density at radius 2 is 1.90 bits per heavy atom. The van der Waals surface area contributed by atoms with Crippen molar-refractivity contribution in [2.24, 2.45) is 0 Å². The maximum absolute atomic E-state index is 13.1. The van der Waals surface area contributed by atoms with Gasteiger partial charge in [-0.3, -0.25) is 18.7 Å². The van der Waals surface area contributed by atoms with Gasteiger partial charge in [0.25, 0.3) is 5.56 Å². The summed E-state index contributed by atoms with van der Waals surface area (Å²) >= 11 is 1.31. The maximum Gasteiger partial charge on any atom is 0.333 e. The lowest BCUT2D eigenvalue weighted by Crippen LogP contribution is -2.41. The van der Waals surface area contributed by atoms with Gasteiger partial charge in [-0.05, 0) is 50.3 Å². The third-order valence-electron chi connectivity index (χ3n) is 5.55. The van der Waals surface area contributed by atoms with Crippen LogP contribution in [0.5, 0.6) is 0 Å². The number of rotatable bonds is 6. The third-order valence-corrected chi connectivity index (χ3v) is 6.64. The van der Waals surface area contributed by atoms with Crippen LogP contribution in [0.2, 0.25) is 0 Å². The van der Waals surface area contributed by atoms with Crippen LogP contribution in [0.1, 0.15) is 37.3 Å². The van der Waals surface area contributed by atoms with E-state index in [2.05, 4.69) is 15.2 Å². The molecule has 4 rings (SSSR count). The van der Waals surface area contributed by atoms with Crippen molar-refractivity contribution >= 4 is 38.4 Å². The Labute approximate surface area is 184 Å². The van der Waals surface area contributed by atoms with Gasteiger partial charge in [0.1, 0.15) is 11.2 Å². The molecular formula is C22H27N5O3S. The molecule has 1 aliphatic rings. The standard InChI is InChI=1S/C22H27N5O3S/c1-4-9-26-20(29)18-19(24-21(31-18)25-10-5-6-11-25)27(22(26)30)13-17(28)23-16-12-14(2)7-8-15(16)3/h7-8,12H,4-6,9-11,13H2,1-3H3,(H,23,28). The van der Waals surface area contributed by atoms with Gasteiger partial charge in [0.15, 0.2) is 10.8 Å². The fourth-order valence-electron chi connectivity index (χ4n) is 3.88. The number of anilines is 2. The van der Waals surface area contributed by atoms with E-state index in [1.165, 1.54) is 20.5 Å². The normalized spacial score (nSPS) is 13.8. The summed E-state index contributed by atoms with van der Waals surface area (Å²) in [4.78, 5) is 45.7. The maximum atomic E-state index is 13.1. The Bertz CT molecular complexity index is 1250. The van der Waals surface area contributed by atoms with Gasteiger partial charge in [-0.2, -0.15) is 0 Å². The van der Waals surface area contributed by atoms with Crippen LogP contribution in [0, 0.1) is 13.8 Å². The van der Waals surface area contributed by atoms with Gasteiger partial charge in [-0.1, -0.05) is 30.4 Å². The fraction of sp³-hybridized carbons (Fsp3) is 0.455. The highest BCUT2D eigenvalue weighted by molar-refractivity contribution is 7.22. The van der Waals surface area contributed by atoms with Gasteiger partial charge >= 0.3 is 5.69 Å². The van der Waals surface area contributed by atoms with E-state index in [0.717, 1.165) is 42.2 Å². The molecule has 0 bridgehead atoms. The second-order valence-electron chi connectivity index (χ2n) is 8.04. The zero-order valence-corrected chi connectivity index (χ0v) is 18.9. The van der Waals surface area contributed by atoms with Crippen LogP contribution in [0.4, 0.5) is 10.8 Å². The molecule has 1 amide bonds. The van der Waals surface area contributed by atoms with E-state index in [1.54, 1.807) is 0 Å². The first kappa shape index (κ1) is 21.3. The number of benzene rings is 1. The number of nitrogens with one attached hydrogen (secondary N) is 1. The molecule has 1 fully saturated rings. The molecule has 2 aromatic heterocycles. The van der Waals surface area contributed by atoms with Gasteiger partial charge < -0.3 is 10.2 Å². The molecule has 0 atom stereocenters. The van der Waals surface area contributed by atoms with Crippen LogP contribution in [-0.2, 0) is 17.9 Å². The summed E-state index contributed by atoms with van der Waals surface area (Å²) in [6, 6.07) is 5.83. The second-order valence-corrected chi connectivity index (χ2v) is 9.01. The Balaban J connectivity index is 1.76. The molecule has 1 N–H and O–H groups in total. The lowest BCUT2D eigenvalue weighted by molar-refractivity contribution is -0.116. The van der Waals surface area contributed by atoms with Crippen LogP contribution in [0.25, 0.3) is 10.3 Å². The molecule has 0 saturated carbocycles. The van der Waals surface area contributed by atoms with Crippen molar-refractivity contribution < 1.29 is 4.79 Å². The fourth-order valence-corrected chi connectivity index (χ4v) is 4.95. The van der Waals surface area contributed by atoms with E-state index in [-0.39, 0.29) is 18.0 Å². The van der Waals surface area contributed by atoms with E-state index in [9.17, 15) is 14.4 Å². The predicted octanol–water partition coefficient (Wildman–Crippen LogP) is 2.89. The quantitative estimate of drug-likeness (QED) is 0.635. The number of aromatic nitrogens is 3. The molecule has 3 heterocycles. The molecule has 8 nitrogen and oxygen atoms in total. The summed E-state index contributed by atoms with van der Waals surface area (Å²) in [5.74, 6) is -0.325. The number of nitrogens with zero attached hydrogens (tertiary/aromatic N) is 4. The Hall–Kier alpha value is -2.94. The van der Waals surface area contributed by atoms with E-state index in [1.807, 2.05) is 39.0 Å². The molecule has 31 heavy (non-hydrogen) atoms. The predicted molar refractivity (Wildman–Crippen MR) is 124 cm³/mol. The highest BCUT2D eigenvalue weighted by Crippen LogP contribution is 2.28. The van der Waals surface area contributed by atoms with E-state index < -0.39 is 5.69 Å². The highest BCUT2D eigenvalue weighted by Gasteiger charge is 2.23. The molecule has 0 unspecified atom stereocenters. The number of aryl methyl sites for hydroxylation is 2. The third kappa shape index (κ3) is 4.14. The van der Waals surface area contributed by atoms with Crippen LogP contribution in [-0.4, -0.2) is 33.1 Å². The minimum Gasteiger partial charge on any atom is -0.348 e. The van der Waals surface area contributed by atoms with Gasteiger partial charge in [0, 0.05) is 25.3 Å². The van der Waals surface area contributed by atoms with Crippen molar-refractivity contribution in [1.82, 2.24) is 14.1 Å². The number of carbonyl (C=O) groups is 1. The zero-order valence-electron chi connectivity index (χ0n) is 18.1. The van der Waals surface area contributed by atoms with Crippen molar-refractivity contribution in [1.29, 1.82) is 0 Å². The summed E-state index contributed by atoms with van der Waals surface area (Å²) in [7, 11) is 0. The van der Waals surface area contributed by atoms with Crippen LogP contribution in [0.15, 0.2) is 27.8 Å². The molecule has 0 spiro atoms. The van der Waals surface area contributed by atoms with Gasteiger partial charge in [0.2, 0.25) is 5.91 Å². The lowest BCUT2D eigenvalue weighted by Gasteiger charge is -2.13. The first-order valence-electron chi connectivity index (χ1n) is 10.6. The number of thiazole rings is 1. The van der Waals surface area contributed by atoms with Crippen LogP contribution < -0.4 is 21.5 Å². The van der Waals surface area contributed by atoms with Gasteiger partial charge in [0.05, 0.1) is 0 Å². The van der Waals surface area contributed by atoms with Crippen molar-refractivity contribution in [2.75, 3.05) is 23.3 Å². The van der Waals surface area contributed by atoms with Gasteiger partial charge in [-0.15, -0.1) is 0 Å². The monoisotopic (exact) mass is 441 g/mol. The molecule has 1 saturated heterocycles. The summed E-state index contributed by atoms with van der Waals surface area (Å²) in [6.07, 6.45) is 2.81. The van der Waals surface area contributed by atoms with Crippen LogP contribution >= 0.6 is 11.3 Å². The van der Waals surface area contributed by atoms with Crippen LogP contribution in [0.3, 0.4) is 0 Å². The van der Waals surface area contributed by atoms with Crippen molar-refractivity contribution in [3.8, 4) is 0 Å². The first-order valence-corrected chi connectivity index (χ1v) is 11.5. The molecule has 0 radical (unpaired) electrons. The molecular weight excluding hydrogens is 414 g/mol. The molecule has 0 aliphatic carbocycles. The van der Waals surface area contributed by atoms with Crippen molar-refractivity contribution in [3.63, 3.8) is 0 Å². The van der Waals surface area contributed by atoms with Crippen molar-refractivity contribution in [2.45, 2.75) is 53.1 Å². The first-order chi connectivity index (χ1) is 14.9. The summed E-state index contributed by atoms with van der Waals surface area (Å²) in [5, 5.41) is 3.64. The SMILES string of the molecule is CCCn1c(=O)c2sc(N3CCCC3)nc2n(CC(=O)Nc2cc(C)ccc2C)c1=O. The second kappa shape index (κ2) is 8.66. The van der Waals surface area contributed by atoms with E-state index in [0.29, 0.717) is 29.0 Å². The summed E-state index contributed by atoms with van der Waals surface area (Å²) < 4.78 is 2.98. The molecule has 1 aromatic carbocycles. The Morgan fingerprint density at radius 1 is 1.16 bits per heavy atom. The number of carbonyl (C=O) groups excluding carboxylic acids is 1. The number of hydrogen-bond acceptors (Lipinski definition) is 6. The number of amides is 1. The molecule has 164 valence electrons. The smallest absolute Gasteiger partial charge is 0.333 e. The molecule has 3 aromatic rings. The highest BCUT2D eigenvalue weighted by atomic mass is 32.1. The minimum atomic E-state index is -0.492. The summed E-state index contributed by atoms with van der Waals surface area (Å²) in [5.41, 5.74) is 2.17. The number of fused-ring (bicyclic) bond motifs is 1. The average molecular weight is 442 g/mol. The minimum absolute atomic E-state index is 0.199. The molecule has 1 aliphatic heterocycles. The van der Waals surface area contributed by atoms with E-state index >= 15 is 0 Å². The topological polar surface area (TPSA) is 89.2 Å². The molecule has 9 heteroatoms. The van der Waals surface area contributed by atoms with Gasteiger partial charge in [-0.25, -0.2) is 9.78 Å². The summed E-state index contributed by atoms with van der Waals surface area (Å²) in [6.45, 7) is 7.68. The largest absolute Gasteiger partial charge is 0.348 e. The number of hydrogen-bond donors (Lipinski definition) is 1.